The Labute approximate surface area is 194 Å². The molecule has 0 spiro atoms. The minimum absolute atomic E-state index is 0.620. The molecule has 5 aromatic heterocycles. The summed E-state index contributed by atoms with van der Waals surface area (Å²) in [5.74, 6) is 0.620. The summed E-state index contributed by atoms with van der Waals surface area (Å²) in [5.41, 5.74) is 5.89. The molecule has 0 bridgehead atoms. The second-order valence-electron chi connectivity index (χ2n) is 7.66. The van der Waals surface area contributed by atoms with Crippen LogP contribution in [-0.2, 0) is 0 Å². The topological polar surface area (TPSA) is 98.7 Å². The molecule has 5 rings (SSSR count). The lowest BCUT2D eigenvalue weighted by molar-refractivity contribution is 1.06. The first-order valence-electron chi connectivity index (χ1n) is 10.3. The minimum atomic E-state index is 0.620. The number of H-pyrrole nitrogens is 2. The van der Waals surface area contributed by atoms with Crippen LogP contribution in [0.2, 0.25) is 0 Å². The summed E-state index contributed by atoms with van der Waals surface area (Å²) in [5, 5.41) is 11.0. The van der Waals surface area contributed by atoms with E-state index in [1.807, 2.05) is 49.5 Å². The summed E-state index contributed by atoms with van der Waals surface area (Å²) in [4.78, 5) is 24.6. The fourth-order valence-electron chi connectivity index (χ4n) is 3.60. The summed E-state index contributed by atoms with van der Waals surface area (Å²) in [7, 11) is 5.72. The zero-order chi connectivity index (χ0) is 22.9. The van der Waals surface area contributed by atoms with Gasteiger partial charge in [-0.15, -0.1) is 11.3 Å². The van der Waals surface area contributed by atoms with Crippen molar-refractivity contribution >= 4 is 46.6 Å². The number of fused-ring (bicyclic) bond motifs is 1. The van der Waals surface area contributed by atoms with E-state index in [-0.39, 0.29) is 0 Å². The van der Waals surface area contributed by atoms with Crippen molar-refractivity contribution in [2.45, 2.75) is 0 Å². The van der Waals surface area contributed by atoms with E-state index in [0.717, 1.165) is 38.1 Å². The number of aromatic amines is 2. The SMILES string of the molecule is C=c1[nH]nc(-c2nc3c(-c4cccs4)ccnc3[nH]2)/c1=C/C(=N\C)c1cncc(N(C)C)c1. The largest absolute Gasteiger partial charge is 0.376 e. The third-order valence-electron chi connectivity index (χ3n) is 5.34. The highest BCUT2D eigenvalue weighted by molar-refractivity contribution is 7.13. The van der Waals surface area contributed by atoms with Gasteiger partial charge in [-0.1, -0.05) is 12.6 Å². The second kappa shape index (κ2) is 8.44. The van der Waals surface area contributed by atoms with Crippen LogP contribution in [0.5, 0.6) is 0 Å². The van der Waals surface area contributed by atoms with E-state index in [2.05, 4.69) is 48.2 Å². The molecule has 0 aliphatic carbocycles. The van der Waals surface area contributed by atoms with Gasteiger partial charge in [0.15, 0.2) is 11.5 Å². The van der Waals surface area contributed by atoms with Gasteiger partial charge in [-0.25, -0.2) is 9.97 Å². The molecule has 0 aromatic carbocycles. The van der Waals surface area contributed by atoms with Crippen LogP contribution in [0, 0.1) is 0 Å². The zero-order valence-electron chi connectivity index (χ0n) is 18.5. The highest BCUT2D eigenvalue weighted by Crippen LogP contribution is 2.30. The Bertz CT molecular complexity index is 1570. The van der Waals surface area contributed by atoms with E-state index in [1.165, 1.54) is 0 Å². The first-order valence-corrected chi connectivity index (χ1v) is 11.2. The maximum Gasteiger partial charge on any atom is 0.160 e. The molecule has 33 heavy (non-hydrogen) atoms. The molecule has 0 atom stereocenters. The third kappa shape index (κ3) is 3.83. The Kier molecular flexibility index (Phi) is 5.31. The van der Waals surface area contributed by atoms with Crippen LogP contribution in [0.1, 0.15) is 5.56 Å². The third-order valence-corrected chi connectivity index (χ3v) is 6.24. The Morgan fingerprint density at radius 1 is 1.24 bits per heavy atom. The fraction of sp³-hybridized carbons (Fsp3) is 0.125. The number of aliphatic imine (C=N–C) groups is 1. The molecule has 0 aliphatic heterocycles. The molecule has 2 N–H and O–H groups in total. The van der Waals surface area contributed by atoms with Gasteiger partial charge in [-0.3, -0.25) is 15.1 Å². The van der Waals surface area contributed by atoms with Gasteiger partial charge >= 0.3 is 0 Å². The van der Waals surface area contributed by atoms with Crippen molar-refractivity contribution in [2.24, 2.45) is 4.99 Å². The number of anilines is 1. The number of rotatable bonds is 5. The quantitative estimate of drug-likeness (QED) is 0.398. The van der Waals surface area contributed by atoms with Gasteiger partial charge in [0.1, 0.15) is 11.2 Å². The Morgan fingerprint density at radius 2 is 2.12 bits per heavy atom. The van der Waals surface area contributed by atoms with Gasteiger partial charge in [0.05, 0.1) is 22.9 Å². The van der Waals surface area contributed by atoms with E-state index in [4.69, 9.17) is 4.98 Å². The van der Waals surface area contributed by atoms with Crippen molar-refractivity contribution in [3.63, 3.8) is 0 Å². The summed E-state index contributed by atoms with van der Waals surface area (Å²) in [6.45, 7) is 4.12. The lowest BCUT2D eigenvalue weighted by atomic mass is 10.1. The fourth-order valence-corrected chi connectivity index (χ4v) is 4.35. The zero-order valence-corrected chi connectivity index (χ0v) is 19.3. The second-order valence-corrected chi connectivity index (χ2v) is 8.61. The van der Waals surface area contributed by atoms with Crippen LogP contribution >= 0.6 is 11.3 Å². The van der Waals surface area contributed by atoms with Gasteiger partial charge in [0, 0.05) is 54.8 Å². The molecule has 0 amide bonds. The Hall–Kier alpha value is -4.11. The molecule has 0 saturated carbocycles. The van der Waals surface area contributed by atoms with Crippen molar-refractivity contribution in [3.8, 4) is 22.0 Å². The average Bonchev–Trinajstić information content (AvgIpc) is 3.57. The van der Waals surface area contributed by atoms with E-state index >= 15 is 0 Å². The molecule has 0 unspecified atom stereocenters. The predicted octanol–water partition coefficient (Wildman–Crippen LogP) is 2.85. The molecule has 8 nitrogen and oxygen atoms in total. The van der Waals surface area contributed by atoms with Gasteiger partial charge in [-0.2, -0.15) is 5.10 Å². The highest BCUT2D eigenvalue weighted by atomic mass is 32.1. The molecular formula is C24H22N8S. The van der Waals surface area contributed by atoms with Gasteiger partial charge in [-0.05, 0) is 29.7 Å². The van der Waals surface area contributed by atoms with Crippen LogP contribution in [0.4, 0.5) is 5.69 Å². The molecule has 0 saturated heterocycles. The first kappa shape index (κ1) is 20.8. The standard InChI is InChI=1S/C24H22N8S/c1-14-18(11-19(25-2)15-10-16(32(3)4)13-26-12-15)22(31-30-14)24-28-21-17(20-6-5-9-33-20)7-8-27-23(21)29-24/h5-13,30H,1H2,2-4H3,(H,27,28,29)/b18-11+,25-19+. The smallest absolute Gasteiger partial charge is 0.160 e. The maximum absolute atomic E-state index is 4.86. The summed E-state index contributed by atoms with van der Waals surface area (Å²) < 4.78 is 0. The van der Waals surface area contributed by atoms with Crippen LogP contribution in [0.25, 0.3) is 45.8 Å². The van der Waals surface area contributed by atoms with Gasteiger partial charge in [0.2, 0.25) is 0 Å². The normalized spacial score (nSPS) is 12.6. The van der Waals surface area contributed by atoms with Crippen LogP contribution in [-0.4, -0.2) is 57.0 Å². The summed E-state index contributed by atoms with van der Waals surface area (Å²) in [6, 6.07) is 8.14. The number of nitrogens with one attached hydrogen (secondary N) is 2. The highest BCUT2D eigenvalue weighted by Gasteiger charge is 2.15. The monoisotopic (exact) mass is 454 g/mol. The van der Waals surface area contributed by atoms with Gasteiger partial charge < -0.3 is 9.88 Å². The minimum Gasteiger partial charge on any atom is -0.376 e. The number of nitrogens with zero attached hydrogens (tertiary/aromatic N) is 6. The van der Waals surface area contributed by atoms with E-state index in [0.29, 0.717) is 22.5 Å². The molecular weight excluding hydrogens is 432 g/mol. The van der Waals surface area contributed by atoms with Crippen molar-refractivity contribution < 1.29 is 0 Å². The number of aromatic nitrogens is 6. The summed E-state index contributed by atoms with van der Waals surface area (Å²) in [6.07, 6.45) is 7.36. The molecule has 0 aliphatic rings. The first-order chi connectivity index (χ1) is 16.0. The van der Waals surface area contributed by atoms with Crippen molar-refractivity contribution in [1.29, 1.82) is 0 Å². The number of pyridine rings is 2. The molecule has 164 valence electrons. The van der Waals surface area contributed by atoms with Crippen LogP contribution in [0.15, 0.2) is 53.2 Å². The Balaban J connectivity index is 1.64. The number of hydrogen-bond donors (Lipinski definition) is 2. The molecule has 5 heterocycles. The number of imidazole rings is 1. The average molecular weight is 455 g/mol. The lowest BCUT2D eigenvalue weighted by Gasteiger charge is -2.12. The molecule has 5 aromatic rings. The van der Waals surface area contributed by atoms with Crippen LogP contribution < -0.4 is 15.5 Å². The molecule has 9 heteroatoms. The summed E-state index contributed by atoms with van der Waals surface area (Å²) >= 11 is 1.67. The maximum atomic E-state index is 4.86. The molecule has 0 radical (unpaired) electrons. The van der Waals surface area contributed by atoms with Crippen molar-refractivity contribution in [3.05, 3.63) is 64.4 Å². The molecule has 0 fully saturated rings. The number of hydrogen-bond acceptors (Lipinski definition) is 7. The van der Waals surface area contributed by atoms with Crippen molar-refractivity contribution in [2.75, 3.05) is 26.0 Å². The van der Waals surface area contributed by atoms with Crippen molar-refractivity contribution in [1.82, 2.24) is 30.1 Å². The lowest BCUT2D eigenvalue weighted by Crippen LogP contribution is -2.24. The Morgan fingerprint density at radius 3 is 2.88 bits per heavy atom. The van der Waals surface area contributed by atoms with Gasteiger partial charge in [0.25, 0.3) is 0 Å². The van der Waals surface area contributed by atoms with E-state index < -0.39 is 0 Å². The van der Waals surface area contributed by atoms with E-state index in [1.54, 1.807) is 30.8 Å². The number of thiophene rings is 1. The van der Waals surface area contributed by atoms with E-state index in [9.17, 15) is 0 Å². The van der Waals surface area contributed by atoms with Crippen LogP contribution in [0.3, 0.4) is 0 Å². The predicted molar refractivity (Wildman–Crippen MR) is 135 cm³/mol.